The molecule has 0 amide bonds. The van der Waals surface area contributed by atoms with E-state index in [1.54, 1.807) is 11.4 Å². The van der Waals surface area contributed by atoms with E-state index in [1.807, 2.05) is 66.7 Å². The van der Waals surface area contributed by atoms with E-state index in [-0.39, 0.29) is 35.7 Å². The minimum atomic E-state index is -4.01. The first-order valence-corrected chi connectivity index (χ1v) is 20.0. The summed E-state index contributed by atoms with van der Waals surface area (Å²) in [6, 6.07) is 44.2. The van der Waals surface area contributed by atoms with E-state index in [0.717, 1.165) is 39.7 Å². The Morgan fingerprint density at radius 1 is 0.792 bits per heavy atom. The van der Waals surface area contributed by atoms with Crippen LogP contribution >= 0.6 is 15.9 Å². The van der Waals surface area contributed by atoms with Crippen LogP contribution in [0.25, 0.3) is 0 Å². The van der Waals surface area contributed by atoms with Gasteiger partial charge in [-0.15, -0.1) is 0 Å². The van der Waals surface area contributed by atoms with Gasteiger partial charge < -0.3 is 9.47 Å². The Morgan fingerprint density at radius 2 is 1.32 bits per heavy atom. The molecular formula is C42H42BrN3O6S. The largest absolute Gasteiger partial charge is 0.383 e. The number of methoxy groups -OCH3 is 1. The molecule has 5 aromatic rings. The number of nitro groups is 1. The molecule has 9 nitrogen and oxygen atoms in total. The van der Waals surface area contributed by atoms with Crippen molar-refractivity contribution in [1.82, 2.24) is 9.21 Å². The molecule has 0 spiro atoms. The maximum atomic E-state index is 14.3. The molecule has 3 atom stereocenters. The summed E-state index contributed by atoms with van der Waals surface area (Å²) in [7, 11) is -2.35. The number of halogens is 1. The summed E-state index contributed by atoms with van der Waals surface area (Å²) in [4.78, 5) is 13.2. The van der Waals surface area contributed by atoms with Crippen LogP contribution in [-0.4, -0.2) is 74.1 Å². The summed E-state index contributed by atoms with van der Waals surface area (Å²) < 4.78 is 44.6. The molecule has 5 aromatic carbocycles. The average Bonchev–Trinajstić information content (AvgIpc) is 3.18. The number of benzene rings is 5. The number of hydrogen-bond donors (Lipinski definition) is 0. The molecule has 0 N–H and O–H groups in total. The number of fused-ring (bicyclic) bond motifs is 1. The van der Waals surface area contributed by atoms with Crippen molar-refractivity contribution in [3.8, 4) is 0 Å². The topological polar surface area (TPSA) is 102 Å². The lowest BCUT2D eigenvalue weighted by molar-refractivity contribution is -0.384. The summed E-state index contributed by atoms with van der Waals surface area (Å²) in [6.07, 6.45) is 1.42. The van der Waals surface area contributed by atoms with E-state index >= 15 is 0 Å². The number of rotatable bonds is 12. The minimum absolute atomic E-state index is 0.0283. The monoisotopic (exact) mass is 795 g/mol. The number of ether oxygens (including phenoxy) is 2. The average molecular weight is 797 g/mol. The normalized spacial score (nSPS) is 21.2. The summed E-state index contributed by atoms with van der Waals surface area (Å²) in [5.74, 6) is -0.164. The van der Waals surface area contributed by atoms with Gasteiger partial charge in [0.25, 0.3) is 5.69 Å². The van der Waals surface area contributed by atoms with Crippen LogP contribution in [0.15, 0.2) is 149 Å². The van der Waals surface area contributed by atoms with Crippen LogP contribution in [0.5, 0.6) is 0 Å². The molecule has 0 bridgehead atoms. The molecule has 11 heteroatoms. The SMILES string of the molecule is COC[C@@]12CN(S(=O)(=O)c3ccc([N+](=O)[O-])cc3)CCCCN1[C@H](COC(c1ccccc1)(c1ccccc1)c1ccccc1)[C@@H]2c1ccc(Br)cc1. The quantitative estimate of drug-likeness (QED) is 0.0717. The predicted molar refractivity (Wildman–Crippen MR) is 208 cm³/mol. The molecule has 7 rings (SSSR count). The van der Waals surface area contributed by atoms with Gasteiger partial charge in [0.15, 0.2) is 0 Å². The van der Waals surface area contributed by atoms with Crippen molar-refractivity contribution in [3.63, 3.8) is 0 Å². The van der Waals surface area contributed by atoms with Crippen molar-refractivity contribution in [2.75, 3.05) is 40.0 Å². The summed E-state index contributed by atoms with van der Waals surface area (Å²) in [5.41, 5.74) is 2.28. The van der Waals surface area contributed by atoms with Gasteiger partial charge in [-0.2, -0.15) is 4.31 Å². The number of sulfonamides is 1. The van der Waals surface area contributed by atoms with Gasteiger partial charge in [-0.1, -0.05) is 119 Å². The van der Waals surface area contributed by atoms with E-state index in [4.69, 9.17) is 9.47 Å². The highest BCUT2D eigenvalue weighted by molar-refractivity contribution is 9.10. The van der Waals surface area contributed by atoms with Crippen molar-refractivity contribution in [3.05, 3.63) is 176 Å². The molecule has 2 fully saturated rings. The molecule has 0 aromatic heterocycles. The molecule has 0 aliphatic carbocycles. The number of nitro benzene ring substituents is 1. The second-order valence-electron chi connectivity index (χ2n) is 13.7. The number of hydrogen-bond acceptors (Lipinski definition) is 7. The van der Waals surface area contributed by atoms with Gasteiger partial charge in [-0.25, -0.2) is 8.42 Å². The summed E-state index contributed by atoms with van der Waals surface area (Å²) >= 11 is 3.61. The smallest absolute Gasteiger partial charge is 0.269 e. The highest BCUT2D eigenvalue weighted by atomic mass is 79.9. The van der Waals surface area contributed by atoms with Crippen molar-refractivity contribution < 1.29 is 22.8 Å². The summed E-state index contributed by atoms with van der Waals surface area (Å²) in [5, 5.41) is 11.3. The van der Waals surface area contributed by atoms with Crippen LogP contribution in [-0.2, 0) is 25.1 Å². The van der Waals surface area contributed by atoms with Crippen LogP contribution in [0.4, 0.5) is 5.69 Å². The zero-order chi connectivity index (χ0) is 37.1. The molecule has 2 aliphatic rings. The van der Waals surface area contributed by atoms with Crippen LogP contribution in [0.1, 0.15) is 41.0 Å². The summed E-state index contributed by atoms with van der Waals surface area (Å²) in [6.45, 7) is 1.88. The van der Waals surface area contributed by atoms with E-state index in [0.29, 0.717) is 19.6 Å². The molecule has 53 heavy (non-hydrogen) atoms. The van der Waals surface area contributed by atoms with Crippen molar-refractivity contribution in [2.24, 2.45) is 0 Å². The zero-order valence-electron chi connectivity index (χ0n) is 29.5. The Labute approximate surface area is 319 Å². The van der Waals surface area contributed by atoms with Crippen LogP contribution in [0, 0.1) is 10.1 Å². The van der Waals surface area contributed by atoms with Crippen LogP contribution < -0.4 is 0 Å². The van der Waals surface area contributed by atoms with Crippen molar-refractivity contribution in [2.45, 2.75) is 40.8 Å². The second kappa shape index (κ2) is 15.6. The highest BCUT2D eigenvalue weighted by Crippen LogP contribution is 2.52. The Balaban J connectivity index is 1.32. The fraction of sp³-hybridized carbons (Fsp3) is 0.286. The highest BCUT2D eigenvalue weighted by Gasteiger charge is 2.62. The predicted octanol–water partition coefficient (Wildman–Crippen LogP) is 8.00. The lowest BCUT2D eigenvalue weighted by atomic mass is 9.64. The molecule has 0 saturated carbocycles. The third kappa shape index (κ3) is 6.98. The van der Waals surface area contributed by atoms with Crippen molar-refractivity contribution in [1.29, 1.82) is 0 Å². The molecule has 274 valence electrons. The Kier molecular flexibility index (Phi) is 10.9. The molecule has 2 aliphatic heterocycles. The Hall–Kier alpha value is -4.23. The lowest BCUT2D eigenvalue weighted by Crippen LogP contribution is -2.78. The van der Waals surface area contributed by atoms with Crippen LogP contribution in [0.2, 0.25) is 0 Å². The van der Waals surface area contributed by atoms with Gasteiger partial charge in [-0.05, 0) is 65.9 Å². The van der Waals surface area contributed by atoms with Gasteiger partial charge >= 0.3 is 0 Å². The first-order chi connectivity index (χ1) is 25.7. The molecule has 0 radical (unpaired) electrons. The number of nitrogens with zero attached hydrogens (tertiary/aromatic N) is 3. The first-order valence-electron chi connectivity index (χ1n) is 17.8. The molecular weight excluding hydrogens is 754 g/mol. The number of non-ortho nitro benzene ring substituents is 1. The van der Waals surface area contributed by atoms with Gasteiger partial charge in [0.2, 0.25) is 10.0 Å². The van der Waals surface area contributed by atoms with E-state index in [9.17, 15) is 18.5 Å². The molecule has 2 heterocycles. The fourth-order valence-corrected chi connectivity index (χ4v) is 10.2. The fourth-order valence-electron chi connectivity index (χ4n) is 8.43. The maximum absolute atomic E-state index is 14.3. The third-order valence-electron chi connectivity index (χ3n) is 10.8. The standard InChI is InChI=1S/C42H42BrN3O6S/c1-51-31-41-30-44(53(49,50)38-25-23-37(24-26-38)46(47)48)27-11-12-28-45(41)39(40(41)32-19-21-36(43)22-20-32)29-52-42(33-13-5-2-6-14-33,34-15-7-3-8-16-34)35-17-9-4-10-18-35/h2-10,13-26,39-40H,11-12,27-31H2,1H3/t39-,40+,41-/m1/s1. The lowest BCUT2D eigenvalue weighted by Gasteiger charge is -2.66. The van der Waals surface area contributed by atoms with E-state index in [1.165, 1.54) is 24.3 Å². The maximum Gasteiger partial charge on any atom is 0.269 e. The minimum Gasteiger partial charge on any atom is -0.383 e. The Bertz CT molecular complexity index is 2010. The molecule has 2 saturated heterocycles. The van der Waals surface area contributed by atoms with Gasteiger partial charge in [0.1, 0.15) is 5.60 Å². The van der Waals surface area contributed by atoms with Crippen molar-refractivity contribution >= 4 is 31.6 Å². The second-order valence-corrected chi connectivity index (χ2v) is 16.6. The van der Waals surface area contributed by atoms with Gasteiger partial charge in [-0.3, -0.25) is 15.0 Å². The van der Waals surface area contributed by atoms with E-state index in [2.05, 4.69) is 69.4 Å². The van der Waals surface area contributed by atoms with Gasteiger partial charge in [0, 0.05) is 48.8 Å². The third-order valence-corrected chi connectivity index (χ3v) is 13.2. The Morgan fingerprint density at radius 3 is 1.83 bits per heavy atom. The van der Waals surface area contributed by atoms with E-state index < -0.39 is 26.1 Å². The first kappa shape index (κ1) is 37.1. The van der Waals surface area contributed by atoms with Crippen LogP contribution in [0.3, 0.4) is 0 Å². The molecule has 0 unspecified atom stereocenters. The zero-order valence-corrected chi connectivity index (χ0v) is 31.9. The van der Waals surface area contributed by atoms with Gasteiger partial charge in [0.05, 0.1) is 28.6 Å².